The Morgan fingerprint density at radius 3 is 2.52 bits per heavy atom. The third-order valence-electron chi connectivity index (χ3n) is 4.73. The Morgan fingerprint density at radius 2 is 1.82 bits per heavy atom. The third-order valence-corrected chi connectivity index (χ3v) is 4.73. The van der Waals surface area contributed by atoms with Gasteiger partial charge in [-0.15, -0.1) is 0 Å². The molecule has 2 aromatic carbocycles. The Balaban J connectivity index is 1.52. The predicted octanol–water partition coefficient (Wildman–Crippen LogP) is 4.42. The normalized spacial score (nSPS) is 11.4. The van der Waals surface area contributed by atoms with E-state index in [-0.39, 0.29) is 6.54 Å². The number of benzene rings is 2. The standard InChI is InChI=1S/C22H19F3N6O2/c1-31-18-7-6-15(33-16-8-9-27-20(11-16)28-12-19(26)32)10-17(18)30-21(31)29-14-4-2-13(3-5-14)22(23,24)25/h2-11H,12H2,1H3,(H2,26,32)(H,27,28)(H,29,30). The third kappa shape index (κ3) is 5.14. The highest BCUT2D eigenvalue weighted by molar-refractivity contribution is 5.81. The molecule has 0 unspecified atom stereocenters. The van der Waals surface area contributed by atoms with E-state index >= 15 is 0 Å². The molecule has 0 aliphatic rings. The van der Waals surface area contributed by atoms with Crippen LogP contribution in [0.4, 0.5) is 30.6 Å². The summed E-state index contributed by atoms with van der Waals surface area (Å²) in [6.07, 6.45) is -2.86. The van der Waals surface area contributed by atoms with Crippen LogP contribution >= 0.6 is 0 Å². The number of nitrogens with one attached hydrogen (secondary N) is 2. The highest BCUT2D eigenvalue weighted by Gasteiger charge is 2.30. The minimum atomic E-state index is -4.39. The fourth-order valence-electron chi connectivity index (χ4n) is 3.11. The summed E-state index contributed by atoms with van der Waals surface area (Å²) in [4.78, 5) is 19.5. The summed E-state index contributed by atoms with van der Waals surface area (Å²) in [7, 11) is 1.79. The van der Waals surface area contributed by atoms with Gasteiger partial charge in [-0.05, 0) is 42.5 Å². The molecule has 0 saturated carbocycles. The maximum atomic E-state index is 12.8. The molecule has 170 valence electrons. The van der Waals surface area contributed by atoms with Crippen molar-refractivity contribution in [3.05, 3.63) is 66.4 Å². The topological polar surface area (TPSA) is 107 Å². The van der Waals surface area contributed by atoms with E-state index in [1.54, 1.807) is 35.9 Å². The average molecular weight is 456 g/mol. The van der Waals surface area contributed by atoms with Crippen LogP contribution < -0.4 is 21.1 Å². The summed E-state index contributed by atoms with van der Waals surface area (Å²) in [6, 6.07) is 13.3. The van der Waals surface area contributed by atoms with Gasteiger partial charge in [-0.2, -0.15) is 13.2 Å². The molecule has 4 rings (SSSR count). The molecule has 0 aliphatic heterocycles. The van der Waals surface area contributed by atoms with E-state index in [0.717, 1.165) is 17.6 Å². The van der Waals surface area contributed by atoms with E-state index in [1.165, 1.54) is 18.3 Å². The number of nitrogens with zero attached hydrogens (tertiary/aromatic N) is 3. The van der Waals surface area contributed by atoms with E-state index in [9.17, 15) is 18.0 Å². The number of carbonyl (C=O) groups is 1. The second-order valence-electron chi connectivity index (χ2n) is 7.14. The van der Waals surface area contributed by atoms with E-state index in [4.69, 9.17) is 10.5 Å². The Bertz CT molecular complexity index is 1300. The fourth-order valence-corrected chi connectivity index (χ4v) is 3.11. The summed E-state index contributed by atoms with van der Waals surface area (Å²) in [6.45, 7) is -0.0505. The van der Waals surface area contributed by atoms with Crippen molar-refractivity contribution in [2.45, 2.75) is 6.18 Å². The largest absolute Gasteiger partial charge is 0.457 e. The number of halogens is 3. The Morgan fingerprint density at radius 1 is 1.09 bits per heavy atom. The Hall–Kier alpha value is -4.28. The molecule has 0 aliphatic carbocycles. The minimum Gasteiger partial charge on any atom is -0.457 e. The van der Waals surface area contributed by atoms with Gasteiger partial charge in [0.2, 0.25) is 11.9 Å². The number of carbonyl (C=O) groups excluding carboxylic acids is 1. The first-order valence-corrected chi connectivity index (χ1v) is 9.76. The number of fused-ring (bicyclic) bond motifs is 1. The lowest BCUT2D eigenvalue weighted by molar-refractivity contribution is -0.137. The van der Waals surface area contributed by atoms with Crippen LogP contribution in [0.1, 0.15) is 5.56 Å². The van der Waals surface area contributed by atoms with Crippen LogP contribution in [-0.4, -0.2) is 27.0 Å². The number of alkyl halides is 3. The molecule has 4 N–H and O–H groups in total. The summed E-state index contributed by atoms with van der Waals surface area (Å²) >= 11 is 0. The Labute approximate surface area is 186 Å². The minimum absolute atomic E-state index is 0.0505. The highest BCUT2D eigenvalue weighted by atomic mass is 19.4. The molecule has 0 bridgehead atoms. The molecule has 33 heavy (non-hydrogen) atoms. The van der Waals surface area contributed by atoms with Crippen molar-refractivity contribution in [3.63, 3.8) is 0 Å². The zero-order chi connectivity index (χ0) is 23.6. The number of amides is 1. The van der Waals surface area contributed by atoms with Gasteiger partial charge < -0.3 is 25.7 Å². The second-order valence-corrected chi connectivity index (χ2v) is 7.14. The first-order chi connectivity index (χ1) is 15.7. The van der Waals surface area contributed by atoms with Crippen LogP contribution in [0, 0.1) is 0 Å². The van der Waals surface area contributed by atoms with Crippen LogP contribution in [0.15, 0.2) is 60.8 Å². The molecule has 2 heterocycles. The van der Waals surface area contributed by atoms with E-state index in [0.29, 0.717) is 34.5 Å². The number of ether oxygens (including phenoxy) is 1. The smallest absolute Gasteiger partial charge is 0.416 e. The lowest BCUT2D eigenvalue weighted by Gasteiger charge is -2.09. The molecule has 0 saturated heterocycles. The molecule has 4 aromatic rings. The quantitative estimate of drug-likeness (QED) is 0.380. The first-order valence-electron chi connectivity index (χ1n) is 9.76. The number of nitrogens with two attached hydrogens (primary N) is 1. The molecule has 8 nitrogen and oxygen atoms in total. The molecule has 2 aromatic heterocycles. The predicted molar refractivity (Wildman–Crippen MR) is 117 cm³/mol. The van der Waals surface area contributed by atoms with Gasteiger partial charge in [0.05, 0.1) is 23.1 Å². The highest BCUT2D eigenvalue weighted by Crippen LogP contribution is 2.31. The van der Waals surface area contributed by atoms with Gasteiger partial charge in [0.1, 0.15) is 17.3 Å². The lowest BCUT2D eigenvalue weighted by atomic mass is 10.2. The average Bonchev–Trinajstić information content (AvgIpc) is 3.07. The number of aryl methyl sites for hydroxylation is 1. The molecule has 0 radical (unpaired) electrons. The van der Waals surface area contributed by atoms with Gasteiger partial charge in [-0.3, -0.25) is 4.79 Å². The van der Waals surface area contributed by atoms with Gasteiger partial charge in [0.25, 0.3) is 0 Å². The SMILES string of the molecule is Cn1c(Nc2ccc(C(F)(F)F)cc2)nc2cc(Oc3ccnc(NCC(N)=O)c3)ccc21. The number of pyridine rings is 1. The zero-order valence-electron chi connectivity index (χ0n) is 17.3. The lowest BCUT2D eigenvalue weighted by Crippen LogP contribution is -2.22. The fraction of sp³-hybridized carbons (Fsp3) is 0.136. The number of hydrogen-bond donors (Lipinski definition) is 3. The number of rotatable bonds is 7. The maximum absolute atomic E-state index is 12.8. The first kappa shape index (κ1) is 21.9. The van der Waals surface area contributed by atoms with Crippen LogP contribution in [0.5, 0.6) is 11.5 Å². The Kier molecular flexibility index (Phi) is 5.78. The van der Waals surface area contributed by atoms with Gasteiger partial charge in [-0.1, -0.05) is 0 Å². The second kappa shape index (κ2) is 8.69. The van der Waals surface area contributed by atoms with E-state index in [2.05, 4.69) is 20.6 Å². The molecule has 0 fully saturated rings. The molecule has 1 amide bonds. The monoisotopic (exact) mass is 456 g/mol. The van der Waals surface area contributed by atoms with Crippen LogP contribution in [0.2, 0.25) is 0 Å². The van der Waals surface area contributed by atoms with E-state index < -0.39 is 17.6 Å². The number of imidazole rings is 1. The van der Waals surface area contributed by atoms with Crippen LogP contribution in [-0.2, 0) is 18.0 Å². The van der Waals surface area contributed by atoms with Crippen molar-refractivity contribution in [3.8, 4) is 11.5 Å². The number of anilines is 3. The molecule has 11 heteroatoms. The van der Waals surface area contributed by atoms with Gasteiger partial charge in [0, 0.05) is 31.1 Å². The van der Waals surface area contributed by atoms with Crippen molar-refractivity contribution < 1.29 is 22.7 Å². The number of aromatic nitrogens is 3. The van der Waals surface area contributed by atoms with Crippen molar-refractivity contribution >= 4 is 34.4 Å². The molecule has 0 atom stereocenters. The van der Waals surface area contributed by atoms with Gasteiger partial charge in [0.15, 0.2) is 0 Å². The number of primary amides is 1. The zero-order valence-corrected chi connectivity index (χ0v) is 17.3. The van der Waals surface area contributed by atoms with Crippen LogP contribution in [0.3, 0.4) is 0 Å². The number of hydrogen-bond acceptors (Lipinski definition) is 6. The van der Waals surface area contributed by atoms with Gasteiger partial charge >= 0.3 is 6.18 Å². The maximum Gasteiger partial charge on any atom is 0.416 e. The summed E-state index contributed by atoms with van der Waals surface area (Å²) < 4.78 is 45.9. The summed E-state index contributed by atoms with van der Waals surface area (Å²) in [5.41, 5.74) is 6.31. The van der Waals surface area contributed by atoms with Gasteiger partial charge in [-0.25, -0.2) is 9.97 Å². The summed E-state index contributed by atoms with van der Waals surface area (Å²) in [5, 5.41) is 5.82. The van der Waals surface area contributed by atoms with Crippen molar-refractivity contribution in [2.24, 2.45) is 12.8 Å². The van der Waals surface area contributed by atoms with Crippen LogP contribution in [0.25, 0.3) is 11.0 Å². The molecular weight excluding hydrogens is 437 g/mol. The molecular formula is C22H19F3N6O2. The van der Waals surface area contributed by atoms with Crippen molar-refractivity contribution in [1.29, 1.82) is 0 Å². The van der Waals surface area contributed by atoms with Crippen molar-refractivity contribution in [1.82, 2.24) is 14.5 Å². The summed E-state index contributed by atoms with van der Waals surface area (Å²) in [5.74, 6) is 1.41. The van der Waals surface area contributed by atoms with Crippen molar-refractivity contribution in [2.75, 3.05) is 17.2 Å². The van der Waals surface area contributed by atoms with E-state index in [1.807, 2.05) is 6.07 Å². The molecule has 0 spiro atoms.